The lowest BCUT2D eigenvalue weighted by Gasteiger charge is -2.12. The second-order valence-electron chi connectivity index (χ2n) is 3.84. The maximum absolute atomic E-state index is 6.08. The Hall–Kier alpha value is -0.600. The van der Waals surface area contributed by atoms with Crippen molar-refractivity contribution in [1.82, 2.24) is 0 Å². The molecule has 0 unspecified atom stereocenters. The van der Waals surface area contributed by atoms with Crippen molar-refractivity contribution < 1.29 is 4.74 Å². The van der Waals surface area contributed by atoms with Crippen molar-refractivity contribution in [2.45, 2.75) is 12.5 Å². The number of halogens is 4. The number of hydrogen-bond acceptors (Lipinski definition) is 1. The number of rotatable bonds is 4. The van der Waals surface area contributed by atoms with E-state index in [9.17, 15) is 0 Å². The van der Waals surface area contributed by atoms with Crippen LogP contribution in [0, 0.1) is 0 Å². The Morgan fingerprint density at radius 2 is 1.32 bits per heavy atom. The van der Waals surface area contributed by atoms with Gasteiger partial charge in [-0.3, -0.25) is 0 Å². The summed E-state index contributed by atoms with van der Waals surface area (Å²) in [5, 5.41) is 1.72. The molecule has 2 aromatic carbocycles. The van der Waals surface area contributed by atoms with Gasteiger partial charge in [0.15, 0.2) is 0 Å². The molecule has 0 aliphatic heterocycles. The number of alkyl halides is 1. The molecule has 0 atom stereocenters. The van der Waals surface area contributed by atoms with Crippen LogP contribution in [-0.2, 0) is 12.5 Å². The number of ether oxygens (including phenoxy) is 1. The first-order chi connectivity index (χ1) is 9.13. The number of hydrogen-bond donors (Lipinski definition) is 0. The van der Waals surface area contributed by atoms with Crippen molar-refractivity contribution in [1.29, 1.82) is 0 Å². The van der Waals surface area contributed by atoms with E-state index in [1.807, 2.05) is 12.1 Å². The monoisotopic (exact) mass is 334 g/mol. The van der Waals surface area contributed by atoms with Gasteiger partial charge in [-0.2, -0.15) is 0 Å². The second kappa shape index (κ2) is 6.71. The standard InChI is InChI=1S/C14H10Cl4O/c15-7-9-11(16)5-2-6-14(9)19-8-10-12(17)3-1-4-13(10)18/h1-6H,7-8H2. The Morgan fingerprint density at radius 3 is 1.89 bits per heavy atom. The topological polar surface area (TPSA) is 9.23 Å². The van der Waals surface area contributed by atoms with Gasteiger partial charge in [-0.15, -0.1) is 11.6 Å². The molecule has 0 spiro atoms. The molecule has 0 aliphatic carbocycles. The molecule has 0 bridgehead atoms. The first kappa shape index (κ1) is 14.8. The summed E-state index contributed by atoms with van der Waals surface area (Å²) in [6, 6.07) is 10.7. The molecule has 0 aromatic heterocycles. The van der Waals surface area contributed by atoms with Gasteiger partial charge in [0.25, 0.3) is 0 Å². The van der Waals surface area contributed by atoms with Gasteiger partial charge in [0.1, 0.15) is 12.4 Å². The Bertz CT molecular complexity index is 563. The van der Waals surface area contributed by atoms with Gasteiger partial charge < -0.3 is 4.74 Å². The SMILES string of the molecule is ClCc1c(Cl)cccc1OCc1c(Cl)cccc1Cl. The molecule has 100 valence electrons. The molecule has 0 heterocycles. The van der Waals surface area contributed by atoms with Gasteiger partial charge in [-0.1, -0.05) is 46.9 Å². The average Bonchev–Trinajstić information content (AvgIpc) is 2.38. The zero-order chi connectivity index (χ0) is 13.8. The summed E-state index contributed by atoms with van der Waals surface area (Å²) >= 11 is 24.1. The summed E-state index contributed by atoms with van der Waals surface area (Å²) in [5.74, 6) is 0.920. The van der Waals surface area contributed by atoms with E-state index in [2.05, 4.69) is 0 Å². The van der Waals surface area contributed by atoms with Crippen molar-refractivity contribution in [3.05, 3.63) is 62.6 Å². The molecule has 0 aliphatic rings. The Balaban J connectivity index is 2.22. The zero-order valence-electron chi connectivity index (χ0n) is 9.80. The van der Waals surface area contributed by atoms with E-state index in [1.165, 1.54) is 0 Å². The third-order valence-corrected chi connectivity index (χ3v) is 3.97. The molecular weight excluding hydrogens is 326 g/mol. The minimum Gasteiger partial charge on any atom is -0.488 e. The molecule has 5 heteroatoms. The second-order valence-corrected chi connectivity index (χ2v) is 5.33. The van der Waals surface area contributed by atoms with E-state index < -0.39 is 0 Å². The Kier molecular flexibility index (Phi) is 5.23. The molecule has 2 aromatic rings. The van der Waals surface area contributed by atoms with Gasteiger partial charge in [-0.05, 0) is 24.3 Å². The van der Waals surface area contributed by atoms with E-state index in [0.717, 1.165) is 11.1 Å². The quantitative estimate of drug-likeness (QED) is 0.626. The fraction of sp³-hybridized carbons (Fsp3) is 0.143. The smallest absolute Gasteiger partial charge is 0.125 e. The third kappa shape index (κ3) is 3.49. The van der Waals surface area contributed by atoms with E-state index in [0.29, 0.717) is 20.8 Å². The molecule has 1 nitrogen and oxygen atoms in total. The summed E-state index contributed by atoms with van der Waals surface area (Å²) in [6.07, 6.45) is 0. The highest BCUT2D eigenvalue weighted by atomic mass is 35.5. The molecule has 19 heavy (non-hydrogen) atoms. The van der Waals surface area contributed by atoms with Crippen molar-refractivity contribution in [2.75, 3.05) is 0 Å². The summed E-state index contributed by atoms with van der Waals surface area (Å²) < 4.78 is 5.72. The molecule has 0 amide bonds. The van der Waals surface area contributed by atoms with Gasteiger partial charge in [0.2, 0.25) is 0 Å². The highest BCUT2D eigenvalue weighted by molar-refractivity contribution is 6.36. The molecule has 2 rings (SSSR count). The van der Waals surface area contributed by atoms with Crippen LogP contribution in [0.25, 0.3) is 0 Å². The Labute approximate surface area is 132 Å². The minimum absolute atomic E-state index is 0.267. The predicted octanol–water partition coefficient (Wildman–Crippen LogP) is 5.96. The zero-order valence-corrected chi connectivity index (χ0v) is 12.8. The first-order valence-electron chi connectivity index (χ1n) is 5.52. The lowest BCUT2D eigenvalue weighted by atomic mass is 10.2. The summed E-state index contributed by atoms with van der Waals surface area (Å²) in [6.45, 7) is 0.267. The normalized spacial score (nSPS) is 10.5. The molecule has 0 saturated heterocycles. The van der Waals surface area contributed by atoms with Crippen LogP contribution in [-0.4, -0.2) is 0 Å². The largest absolute Gasteiger partial charge is 0.488 e. The fourth-order valence-electron chi connectivity index (χ4n) is 1.62. The van der Waals surface area contributed by atoms with Crippen LogP contribution in [0.5, 0.6) is 5.75 Å². The van der Waals surface area contributed by atoms with Crippen LogP contribution < -0.4 is 4.74 Å². The van der Waals surface area contributed by atoms with E-state index in [1.54, 1.807) is 24.3 Å². The van der Waals surface area contributed by atoms with Crippen LogP contribution in [0.1, 0.15) is 11.1 Å². The maximum Gasteiger partial charge on any atom is 0.125 e. The maximum atomic E-state index is 6.08. The average molecular weight is 336 g/mol. The lowest BCUT2D eigenvalue weighted by Crippen LogP contribution is -1.99. The molecule has 0 fully saturated rings. The first-order valence-corrected chi connectivity index (χ1v) is 7.19. The van der Waals surface area contributed by atoms with E-state index in [4.69, 9.17) is 51.1 Å². The summed E-state index contributed by atoms with van der Waals surface area (Å²) in [5.41, 5.74) is 1.50. The van der Waals surface area contributed by atoms with Crippen LogP contribution in [0.15, 0.2) is 36.4 Å². The fourth-order valence-corrected chi connectivity index (χ4v) is 2.71. The van der Waals surface area contributed by atoms with Crippen LogP contribution in [0.4, 0.5) is 0 Å². The van der Waals surface area contributed by atoms with Gasteiger partial charge in [0.05, 0.1) is 5.88 Å². The van der Waals surface area contributed by atoms with Gasteiger partial charge >= 0.3 is 0 Å². The van der Waals surface area contributed by atoms with Crippen LogP contribution >= 0.6 is 46.4 Å². The summed E-state index contributed by atoms with van der Waals surface area (Å²) in [7, 11) is 0. The van der Waals surface area contributed by atoms with E-state index >= 15 is 0 Å². The Morgan fingerprint density at radius 1 is 0.789 bits per heavy atom. The van der Waals surface area contributed by atoms with Crippen molar-refractivity contribution in [3.63, 3.8) is 0 Å². The predicted molar refractivity (Wildman–Crippen MR) is 81.8 cm³/mol. The third-order valence-electron chi connectivity index (χ3n) is 2.64. The molecule has 0 radical (unpaired) electrons. The minimum atomic E-state index is 0.267. The number of benzene rings is 2. The van der Waals surface area contributed by atoms with Gasteiger partial charge in [-0.25, -0.2) is 0 Å². The van der Waals surface area contributed by atoms with Crippen LogP contribution in [0.3, 0.4) is 0 Å². The van der Waals surface area contributed by atoms with Crippen LogP contribution in [0.2, 0.25) is 15.1 Å². The molecule has 0 N–H and O–H groups in total. The highest BCUT2D eigenvalue weighted by Crippen LogP contribution is 2.30. The van der Waals surface area contributed by atoms with E-state index in [-0.39, 0.29) is 12.5 Å². The van der Waals surface area contributed by atoms with Crippen molar-refractivity contribution in [2.24, 2.45) is 0 Å². The molecule has 0 saturated carbocycles. The van der Waals surface area contributed by atoms with Gasteiger partial charge in [0, 0.05) is 26.2 Å². The van der Waals surface area contributed by atoms with Crippen molar-refractivity contribution >= 4 is 46.4 Å². The lowest BCUT2D eigenvalue weighted by molar-refractivity contribution is 0.304. The van der Waals surface area contributed by atoms with Crippen molar-refractivity contribution in [3.8, 4) is 5.75 Å². The summed E-state index contributed by atoms with van der Waals surface area (Å²) in [4.78, 5) is 0. The highest BCUT2D eigenvalue weighted by Gasteiger charge is 2.10. The molecular formula is C14H10Cl4O.